The fraction of sp³-hybridized carbons (Fsp3) is 0. The summed E-state index contributed by atoms with van der Waals surface area (Å²) in [6.07, 6.45) is 0. The maximum Gasteiger partial charge on any atom is 0.559 e. The van der Waals surface area contributed by atoms with Crippen molar-refractivity contribution in [2.75, 3.05) is 0 Å². The molecule has 0 aliphatic carbocycles. The molecule has 0 aromatic carbocycles. The summed E-state index contributed by atoms with van der Waals surface area (Å²) >= 11 is 0. The lowest BCUT2D eigenvalue weighted by Gasteiger charge is -1.68. The third-order valence-corrected chi connectivity index (χ3v) is 0.283. The van der Waals surface area contributed by atoms with Crippen LogP contribution in [0.2, 0.25) is 0 Å². The van der Waals surface area contributed by atoms with Gasteiger partial charge in [0.2, 0.25) is 0 Å². The van der Waals surface area contributed by atoms with E-state index in [1.165, 1.54) is 0 Å². The molecule has 0 radical (unpaired) electrons. The molecular formula is H2BO3P. The molecule has 0 saturated carbocycles. The van der Waals surface area contributed by atoms with Crippen LogP contribution in [0.4, 0.5) is 0 Å². The molecule has 0 heterocycles. The average Bonchev–Trinajstić information content (AvgIpc) is 1.38. The van der Waals surface area contributed by atoms with E-state index in [2.05, 4.69) is 0 Å². The zero-order valence-electron chi connectivity index (χ0n) is 2.33. The second kappa shape index (κ2) is 2.33. The lowest BCUT2D eigenvalue weighted by atomic mass is 10.4. The van der Waals surface area contributed by atoms with Crippen molar-refractivity contribution in [3.63, 3.8) is 0 Å². The fourth-order valence-electron chi connectivity index (χ4n) is 0. The Balaban J connectivity index is 2.83. The van der Waals surface area contributed by atoms with E-state index >= 15 is 0 Å². The highest BCUT2D eigenvalue weighted by atomic mass is 31.1. The van der Waals surface area contributed by atoms with Crippen LogP contribution in [0, 0.1) is 0 Å². The van der Waals surface area contributed by atoms with Gasteiger partial charge < -0.3 is 10.0 Å². The van der Waals surface area contributed by atoms with Crippen molar-refractivity contribution in [1.82, 2.24) is 0 Å². The van der Waals surface area contributed by atoms with Crippen molar-refractivity contribution < 1.29 is 14.6 Å². The summed E-state index contributed by atoms with van der Waals surface area (Å²) in [5.74, 6) is 0. The van der Waals surface area contributed by atoms with E-state index in [-0.39, 0.29) is 0 Å². The highest BCUT2D eigenvalue weighted by Crippen LogP contribution is 1.87. The van der Waals surface area contributed by atoms with Crippen LogP contribution in [0.25, 0.3) is 0 Å². The van der Waals surface area contributed by atoms with Gasteiger partial charge in [-0.1, -0.05) is 0 Å². The van der Waals surface area contributed by atoms with E-state index < -0.39 is 15.2 Å². The van der Waals surface area contributed by atoms with Gasteiger partial charge in [0.15, 0.2) is 8.34 Å². The molecule has 0 aromatic heterocycles. The van der Waals surface area contributed by atoms with Gasteiger partial charge >= 0.3 is 6.84 Å². The summed E-state index contributed by atoms with van der Waals surface area (Å²) < 4.78 is 9.10. The zero-order chi connectivity index (χ0) is 4.28. The van der Waals surface area contributed by atoms with Crippen LogP contribution in [0.3, 0.4) is 0 Å². The topological polar surface area (TPSA) is 57.5 Å². The van der Waals surface area contributed by atoms with E-state index in [0.717, 1.165) is 0 Å². The Bertz CT molecular complexity index is 33.9. The lowest BCUT2D eigenvalue weighted by Crippen LogP contribution is -1.96. The Labute approximate surface area is 30.9 Å². The Morgan fingerprint density at radius 3 is 1.80 bits per heavy atom. The van der Waals surface area contributed by atoms with Crippen LogP contribution < -0.4 is 0 Å². The summed E-state index contributed by atoms with van der Waals surface area (Å²) in [5, 5.41) is 15.2. The number of hydrogen-bond donors (Lipinski definition) is 2. The molecule has 0 atom stereocenters. The summed E-state index contributed by atoms with van der Waals surface area (Å²) in [6, 6.07) is 0. The first-order chi connectivity index (χ1) is 2.27. The van der Waals surface area contributed by atoms with Crippen molar-refractivity contribution in [2.45, 2.75) is 0 Å². The number of rotatable bonds is 1. The Hall–Kier alpha value is 0.0849. The van der Waals surface area contributed by atoms with Gasteiger partial charge in [0.05, 0.1) is 0 Å². The van der Waals surface area contributed by atoms with Crippen LogP contribution in [0.5, 0.6) is 0 Å². The Morgan fingerprint density at radius 2 is 1.80 bits per heavy atom. The second-order valence-corrected chi connectivity index (χ2v) is 1.12. The van der Waals surface area contributed by atoms with Gasteiger partial charge in [0.25, 0.3) is 0 Å². The van der Waals surface area contributed by atoms with Crippen LogP contribution in [0.15, 0.2) is 0 Å². The minimum Gasteiger partial charge on any atom is -0.418 e. The van der Waals surface area contributed by atoms with Gasteiger partial charge in [0, 0.05) is 0 Å². The first kappa shape index (κ1) is 5.08. The van der Waals surface area contributed by atoms with Crippen LogP contribution in [-0.4, -0.2) is 16.9 Å². The van der Waals surface area contributed by atoms with Crippen LogP contribution in [-0.2, 0) is 4.57 Å². The fourth-order valence-corrected chi connectivity index (χ4v) is 0. The van der Waals surface area contributed by atoms with Gasteiger partial charge in [-0.25, -0.2) is 0 Å². The van der Waals surface area contributed by atoms with Gasteiger partial charge in [-0.2, -0.15) is 0 Å². The quantitative estimate of drug-likeness (QED) is 0.330. The van der Waals surface area contributed by atoms with E-state index in [9.17, 15) is 0 Å². The molecule has 0 unspecified atom stereocenters. The first-order valence-electron chi connectivity index (χ1n) is 0.957. The molecule has 0 fully saturated rings. The van der Waals surface area contributed by atoms with Crippen molar-refractivity contribution in [3.8, 4) is 0 Å². The largest absolute Gasteiger partial charge is 0.559 e. The summed E-state index contributed by atoms with van der Waals surface area (Å²) in [5.41, 5.74) is 0. The highest BCUT2D eigenvalue weighted by molar-refractivity contribution is 7.63. The van der Waals surface area contributed by atoms with Crippen LogP contribution in [0.1, 0.15) is 0 Å². The number of hydrogen-bond acceptors (Lipinski definition) is 3. The third-order valence-electron chi connectivity index (χ3n) is 0.0943. The normalized spacial score (nSPS) is 8.40. The first-order valence-corrected chi connectivity index (χ1v) is 1.84. The van der Waals surface area contributed by atoms with Crippen LogP contribution >= 0.6 is 8.34 Å². The molecule has 5 heteroatoms. The molecule has 28 valence electrons. The monoisotopic (exact) mass is 92.0 g/mol. The molecule has 2 N–H and O–H groups in total. The van der Waals surface area contributed by atoms with Crippen molar-refractivity contribution >= 4 is 15.2 Å². The van der Waals surface area contributed by atoms with Gasteiger partial charge in [-0.05, 0) is 0 Å². The maximum atomic E-state index is 9.10. The minimum absolute atomic E-state index is 0.642. The molecule has 0 amide bonds. The molecule has 3 nitrogen and oxygen atoms in total. The van der Waals surface area contributed by atoms with Gasteiger partial charge in [-0.15, -0.1) is 0 Å². The van der Waals surface area contributed by atoms with E-state index in [1.54, 1.807) is 0 Å². The molecule has 0 spiro atoms. The Kier molecular flexibility index (Phi) is 2.37. The lowest BCUT2D eigenvalue weighted by molar-refractivity contribution is 0.432. The smallest absolute Gasteiger partial charge is 0.418 e. The third kappa shape index (κ3) is 4.08. The summed E-state index contributed by atoms with van der Waals surface area (Å²) in [6.45, 7) is -1.70. The van der Waals surface area contributed by atoms with E-state index in [4.69, 9.17) is 14.6 Å². The standard InChI is InChI=1S/BH2O3P/c2-1(3)5-4/h2-3H. The Morgan fingerprint density at radius 1 is 1.60 bits per heavy atom. The molecule has 0 rings (SSSR count). The molecule has 0 saturated heterocycles. The molecular weight excluding hydrogens is 89.8 g/mol. The van der Waals surface area contributed by atoms with Gasteiger partial charge in [0.1, 0.15) is 0 Å². The predicted octanol–water partition coefficient (Wildman–Crippen LogP) is -0.752. The predicted molar refractivity (Wildman–Crippen MR) is 17.8 cm³/mol. The second-order valence-electron chi connectivity index (χ2n) is 0.452. The summed E-state index contributed by atoms with van der Waals surface area (Å²) in [7, 11) is -0.642. The average molecular weight is 91.8 g/mol. The molecule has 0 aliphatic heterocycles. The van der Waals surface area contributed by atoms with E-state index in [0.29, 0.717) is 0 Å². The molecule has 0 bridgehead atoms. The molecule has 5 heavy (non-hydrogen) atoms. The zero-order valence-corrected chi connectivity index (χ0v) is 3.22. The minimum atomic E-state index is -1.70. The molecule has 0 aromatic rings. The SMILES string of the molecule is O=PB(O)O. The van der Waals surface area contributed by atoms with Gasteiger partial charge in [-0.3, -0.25) is 4.57 Å². The van der Waals surface area contributed by atoms with Crippen molar-refractivity contribution in [2.24, 2.45) is 0 Å². The van der Waals surface area contributed by atoms with Crippen molar-refractivity contribution in [1.29, 1.82) is 0 Å². The highest BCUT2D eigenvalue weighted by Gasteiger charge is 2.01. The summed E-state index contributed by atoms with van der Waals surface area (Å²) in [4.78, 5) is 0. The maximum absolute atomic E-state index is 9.10. The van der Waals surface area contributed by atoms with E-state index in [1.807, 2.05) is 0 Å². The molecule has 0 aliphatic rings. The van der Waals surface area contributed by atoms with Crippen molar-refractivity contribution in [3.05, 3.63) is 0 Å².